The maximum atomic E-state index is 4.67. The SMILES string of the molecule is CC(I)c1ccc(CC2CCCN(C(C)(C)C)CC2)nc1. The second kappa shape index (κ2) is 7.40. The average Bonchev–Trinajstić information content (AvgIpc) is 2.64. The van der Waals surface area contributed by atoms with Gasteiger partial charge >= 0.3 is 0 Å². The van der Waals surface area contributed by atoms with Gasteiger partial charge in [0.2, 0.25) is 0 Å². The summed E-state index contributed by atoms with van der Waals surface area (Å²) < 4.78 is 0.544. The van der Waals surface area contributed by atoms with Crippen LogP contribution < -0.4 is 0 Å². The van der Waals surface area contributed by atoms with E-state index in [1.54, 1.807) is 0 Å². The monoisotopic (exact) mass is 400 g/mol. The average molecular weight is 400 g/mol. The van der Waals surface area contributed by atoms with Crippen molar-refractivity contribution >= 4 is 22.6 Å². The van der Waals surface area contributed by atoms with Gasteiger partial charge in [0.05, 0.1) is 0 Å². The first-order valence-electron chi connectivity index (χ1n) is 8.20. The van der Waals surface area contributed by atoms with E-state index in [0.29, 0.717) is 9.46 Å². The molecule has 21 heavy (non-hydrogen) atoms. The van der Waals surface area contributed by atoms with Crippen molar-refractivity contribution in [2.45, 2.75) is 62.8 Å². The second-order valence-electron chi connectivity index (χ2n) is 7.36. The predicted molar refractivity (Wildman–Crippen MR) is 99.0 cm³/mol. The van der Waals surface area contributed by atoms with Gasteiger partial charge in [-0.25, -0.2) is 0 Å². The van der Waals surface area contributed by atoms with Gasteiger partial charge in [0.15, 0.2) is 0 Å². The highest BCUT2D eigenvalue weighted by molar-refractivity contribution is 14.1. The van der Waals surface area contributed by atoms with Crippen molar-refractivity contribution in [2.24, 2.45) is 5.92 Å². The van der Waals surface area contributed by atoms with Crippen molar-refractivity contribution in [3.63, 3.8) is 0 Å². The number of halogens is 1. The highest BCUT2D eigenvalue weighted by atomic mass is 127. The quantitative estimate of drug-likeness (QED) is 0.523. The van der Waals surface area contributed by atoms with Crippen LogP contribution in [0.15, 0.2) is 18.3 Å². The normalized spacial score (nSPS) is 22.8. The molecule has 0 saturated carbocycles. The largest absolute Gasteiger partial charge is 0.298 e. The van der Waals surface area contributed by atoms with Gasteiger partial charge in [0.1, 0.15) is 0 Å². The molecule has 0 bridgehead atoms. The van der Waals surface area contributed by atoms with Crippen molar-refractivity contribution in [2.75, 3.05) is 13.1 Å². The number of pyridine rings is 1. The molecule has 118 valence electrons. The van der Waals surface area contributed by atoms with Crippen molar-refractivity contribution in [3.8, 4) is 0 Å². The summed E-state index contributed by atoms with van der Waals surface area (Å²) in [6.45, 7) is 11.7. The maximum Gasteiger partial charge on any atom is 0.0406 e. The topological polar surface area (TPSA) is 16.1 Å². The molecule has 2 atom stereocenters. The lowest BCUT2D eigenvalue weighted by Crippen LogP contribution is -2.41. The van der Waals surface area contributed by atoms with Crippen LogP contribution in [0.5, 0.6) is 0 Å². The molecule has 2 nitrogen and oxygen atoms in total. The molecule has 2 rings (SSSR count). The number of rotatable bonds is 3. The Hall–Kier alpha value is -0.160. The standard InChI is InChI=1S/C18H29IN2/c1-14(19)16-7-8-17(20-13-16)12-15-6-5-10-21(11-9-15)18(2,3)4/h7-8,13-15H,5-6,9-12H2,1-4H3. The third-order valence-corrected chi connectivity index (χ3v) is 5.32. The molecular weight excluding hydrogens is 371 g/mol. The van der Waals surface area contributed by atoms with E-state index in [-0.39, 0.29) is 0 Å². The number of nitrogens with zero attached hydrogens (tertiary/aromatic N) is 2. The Balaban J connectivity index is 1.91. The Morgan fingerprint density at radius 2 is 2.05 bits per heavy atom. The van der Waals surface area contributed by atoms with Crippen LogP contribution in [0.2, 0.25) is 0 Å². The molecule has 1 saturated heterocycles. The molecule has 0 spiro atoms. The molecular formula is C18H29IN2. The molecule has 0 aromatic carbocycles. The van der Waals surface area contributed by atoms with Gasteiger partial charge in [-0.1, -0.05) is 28.7 Å². The van der Waals surface area contributed by atoms with E-state index in [1.807, 2.05) is 0 Å². The predicted octanol–water partition coefficient (Wildman–Crippen LogP) is 5.02. The Morgan fingerprint density at radius 1 is 1.29 bits per heavy atom. The van der Waals surface area contributed by atoms with Crippen LogP contribution in [0.3, 0.4) is 0 Å². The molecule has 2 unspecified atom stereocenters. The zero-order valence-electron chi connectivity index (χ0n) is 13.9. The van der Waals surface area contributed by atoms with Crippen LogP contribution in [-0.2, 0) is 6.42 Å². The number of likely N-dealkylation sites (tertiary alicyclic amines) is 1. The summed E-state index contributed by atoms with van der Waals surface area (Å²) in [6, 6.07) is 4.48. The van der Waals surface area contributed by atoms with E-state index >= 15 is 0 Å². The number of aromatic nitrogens is 1. The first-order chi connectivity index (χ1) is 9.86. The van der Waals surface area contributed by atoms with E-state index in [9.17, 15) is 0 Å². The number of hydrogen-bond donors (Lipinski definition) is 0. The van der Waals surface area contributed by atoms with E-state index in [1.165, 1.54) is 43.6 Å². The molecule has 2 heterocycles. The van der Waals surface area contributed by atoms with Crippen LogP contribution in [0.25, 0.3) is 0 Å². The molecule has 1 aliphatic heterocycles. The van der Waals surface area contributed by atoms with Crippen LogP contribution in [-0.4, -0.2) is 28.5 Å². The van der Waals surface area contributed by atoms with Crippen molar-refractivity contribution in [1.29, 1.82) is 0 Å². The van der Waals surface area contributed by atoms with E-state index in [4.69, 9.17) is 0 Å². The van der Waals surface area contributed by atoms with Crippen LogP contribution in [0, 0.1) is 5.92 Å². The fourth-order valence-corrected chi connectivity index (χ4v) is 3.50. The fraction of sp³-hybridized carbons (Fsp3) is 0.722. The Labute approximate surface area is 143 Å². The van der Waals surface area contributed by atoms with Crippen LogP contribution in [0.4, 0.5) is 0 Å². The molecule has 3 heteroatoms. The lowest BCUT2D eigenvalue weighted by molar-refractivity contribution is 0.141. The summed E-state index contributed by atoms with van der Waals surface area (Å²) >= 11 is 2.44. The molecule has 0 amide bonds. The first-order valence-corrected chi connectivity index (χ1v) is 9.45. The number of hydrogen-bond acceptors (Lipinski definition) is 2. The van der Waals surface area contributed by atoms with Gasteiger partial charge in [0, 0.05) is 21.4 Å². The van der Waals surface area contributed by atoms with Crippen molar-refractivity contribution in [1.82, 2.24) is 9.88 Å². The van der Waals surface area contributed by atoms with Gasteiger partial charge in [-0.05, 0) is 84.0 Å². The number of alkyl halides is 1. The van der Waals surface area contributed by atoms with Crippen LogP contribution >= 0.6 is 22.6 Å². The lowest BCUT2D eigenvalue weighted by Gasteiger charge is -2.34. The highest BCUT2D eigenvalue weighted by Crippen LogP contribution is 2.26. The first kappa shape index (κ1) is 17.2. The zero-order valence-corrected chi connectivity index (χ0v) is 16.1. The third-order valence-electron chi connectivity index (χ3n) is 4.60. The van der Waals surface area contributed by atoms with E-state index in [2.05, 4.69) is 78.5 Å². The summed E-state index contributed by atoms with van der Waals surface area (Å²) in [6.07, 6.45) is 7.19. The molecule has 0 N–H and O–H groups in total. The summed E-state index contributed by atoms with van der Waals surface area (Å²) in [5.41, 5.74) is 2.91. The summed E-state index contributed by atoms with van der Waals surface area (Å²) in [4.78, 5) is 7.31. The molecule has 1 aromatic heterocycles. The molecule has 1 aromatic rings. The smallest absolute Gasteiger partial charge is 0.0406 e. The van der Waals surface area contributed by atoms with Crippen LogP contribution in [0.1, 0.15) is 62.1 Å². The molecule has 0 radical (unpaired) electrons. The minimum atomic E-state index is 0.311. The summed E-state index contributed by atoms with van der Waals surface area (Å²) in [5, 5.41) is 0. The minimum absolute atomic E-state index is 0.311. The molecule has 1 aliphatic rings. The molecule has 1 fully saturated rings. The fourth-order valence-electron chi connectivity index (χ4n) is 3.13. The Morgan fingerprint density at radius 3 is 2.62 bits per heavy atom. The summed E-state index contributed by atoms with van der Waals surface area (Å²) in [5.74, 6) is 0.799. The Bertz CT molecular complexity index is 434. The van der Waals surface area contributed by atoms with Crippen molar-refractivity contribution in [3.05, 3.63) is 29.6 Å². The Kier molecular flexibility index (Phi) is 6.06. The van der Waals surface area contributed by atoms with Gasteiger partial charge < -0.3 is 0 Å². The van der Waals surface area contributed by atoms with E-state index in [0.717, 1.165) is 12.3 Å². The summed E-state index contributed by atoms with van der Waals surface area (Å²) in [7, 11) is 0. The lowest BCUT2D eigenvalue weighted by atomic mass is 9.95. The third kappa shape index (κ3) is 5.20. The second-order valence-corrected chi connectivity index (χ2v) is 9.23. The van der Waals surface area contributed by atoms with Gasteiger partial charge in [-0.3, -0.25) is 9.88 Å². The zero-order chi connectivity index (χ0) is 15.5. The van der Waals surface area contributed by atoms with Gasteiger partial charge in [0.25, 0.3) is 0 Å². The molecule has 0 aliphatic carbocycles. The van der Waals surface area contributed by atoms with E-state index < -0.39 is 0 Å². The maximum absolute atomic E-state index is 4.67. The van der Waals surface area contributed by atoms with Gasteiger partial charge in [-0.15, -0.1) is 0 Å². The minimum Gasteiger partial charge on any atom is -0.298 e. The highest BCUT2D eigenvalue weighted by Gasteiger charge is 2.25. The van der Waals surface area contributed by atoms with Gasteiger partial charge in [-0.2, -0.15) is 0 Å². The van der Waals surface area contributed by atoms with Crippen molar-refractivity contribution < 1.29 is 0 Å².